The van der Waals surface area contributed by atoms with Crippen molar-refractivity contribution >= 4 is 29.5 Å². The van der Waals surface area contributed by atoms with Gasteiger partial charge in [-0.3, -0.25) is 14.4 Å². The van der Waals surface area contributed by atoms with Gasteiger partial charge in [0.15, 0.2) is 0 Å². The van der Waals surface area contributed by atoms with Crippen molar-refractivity contribution in [2.24, 2.45) is 22.7 Å². The van der Waals surface area contributed by atoms with E-state index in [4.69, 9.17) is 0 Å². The molecule has 2 atom stereocenters. The first-order valence-corrected chi connectivity index (χ1v) is 18.6. The number of carbonyl (C=O) groups is 3. The molecule has 0 aliphatic heterocycles. The third kappa shape index (κ3) is 25.8. The molecule has 8 heteroatoms. The molecular formula is C36H69N3O4S. The van der Waals surface area contributed by atoms with E-state index in [0.29, 0.717) is 26.2 Å². The van der Waals surface area contributed by atoms with Crippen molar-refractivity contribution < 1.29 is 19.5 Å². The van der Waals surface area contributed by atoms with E-state index in [1.165, 1.54) is 64.2 Å². The molecule has 0 aliphatic rings. The van der Waals surface area contributed by atoms with E-state index in [1.54, 1.807) is 6.08 Å². The van der Waals surface area contributed by atoms with Gasteiger partial charge >= 0.3 is 5.97 Å². The van der Waals surface area contributed by atoms with Crippen molar-refractivity contribution in [3.8, 4) is 0 Å². The van der Waals surface area contributed by atoms with Crippen molar-refractivity contribution in [2.45, 2.75) is 139 Å². The van der Waals surface area contributed by atoms with E-state index in [1.807, 2.05) is 25.6 Å². The number of carbonyl (C=O) groups excluding carboxylic acids is 2. The van der Waals surface area contributed by atoms with Crippen LogP contribution in [0.4, 0.5) is 0 Å². The van der Waals surface area contributed by atoms with Crippen molar-refractivity contribution in [3.63, 3.8) is 0 Å². The molecule has 0 aromatic carbocycles. The Labute approximate surface area is 275 Å². The van der Waals surface area contributed by atoms with Gasteiger partial charge < -0.3 is 21.1 Å². The summed E-state index contributed by atoms with van der Waals surface area (Å²) in [5.74, 6) is -0.0297. The van der Waals surface area contributed by atoms with Crippen LogP contribution in [0.15, 0.2) is 11.6 Å². The van der Waals surface area contributed by atoms with Gasteiger partial charge in [0.25, 0.3) is 0 Å². The first-order valence-electron chi connectivity index (χ1n) is 17.4. The van der Waals surface area contributed by atoms with Crippen LogP contribution in [0.25, 0.3) is 0 Å². The molecule has 0 spiro atoms. The maximum atomic E-state index is 12.4. The van der Waals surface area contributed by atoms with Crippen LogP contribution in [0.2, 0.25) is 0 Å². The fourth-order valence-electron chi connectivity index (χ4n) is 6.04. The molecule has 7 nitrogen and oxygen atoms in total. The lowest BCUT2D eigenvalue weighted by Gasteiger charge is -2.33. The highest BCUT2D eigenvalue weighted by atomic mass is 32.2. The summed E-state index contributed by atoms with van der Waals surface area (Å²) in [5, 5.41) is 18.7. The zero-order valence-electron chi connectivity index (χ0n) is 29.7. The first-order chi connectivity index (χ1) is 20.7. The first kappa shape index (κ1) is 42.5. The average molecular weight is 640 g/mol. The fraction of sp³-hybridized carbons (Fsp3) is 0.861. The van der Waals surface area contributed by atoms with Crippen LogP contribution in [0.3, 0.4) is 0 Å². The van der Waals surface area contributed by atoms with Gasteiger partial charge in [-0.25, -0.2) is 0 Å². The number of nitrogens with one attached hydrogen (secondary N) is 3. The zero-order valence-corrected chi connectivity index (χ0v) is 30.6. The number of amides is 2. The Morgan fingerprint density at radius 2 is 1.36 bits per heavy atom. The SMILES string of the molecule is CCCCCCCCCCCCSCC(C)C(=O)NCCNCCNC(=O)CC(/C=C(\C)CC(C)(C)CC(C)(C)C)C(=O)O. The maximum absolute atomic E-state index is 12.4. The van der Waals surface area contributed by atoms with E-state index in [0.717, 1.165) is 29.9 Å². The summed E-state index contributed by atoms with van der Waals surface area (Å²) >= 11 is 1.88. The van der Waals surface area contributed by atoms with Gasteiger partial charge in [-0.1, -0.05) is 118 Å². The van der Waals surface area contributed by atoms with Gasteiger partial charge in [0.05, 0.1) is 5.92 Å². The number of rotatable bonds is 27. The number of carboxylic acids is 1. The van der Waals surface area contributed by atoms with Crippen molar-refractivity contribution in [3.05, 3.63) is 11.6 Å². The van der Waals surface area contributed by atoms with Gasteiger partial charge in [-0.05, 0) is 42.8 Å². The molecule has 44 heavy (non-hydrogen) atoms. The molecule has 0 saturated carbocycles. The number of hydrogen-bond donors (Lipinski definition) is 4. The fourth-order valence-corrected chi connectivity index (χ4v) is 7.12. The van der Waals surface area contributed by atoms with Crippen molar-refractivity contribution in [1.29, 1.82) is 0 Å². The zero-order chi connectivity index (χ0) is 33.4. The molecule has 2 unspecified atom stereocenters. The summed E-state index contributed by atoms with van der Waals surface area (Å²) in [6.07, 6.45) is 16.9. The second-order valence-electron chi connectivity index (χ2n) is 14.8. The Kier molecular flexibility index (Phi) is 23.8. The van der Waals surface area contributed by atoms with Crippen LogP contribution in [0.1, 0.15) is 139 Å². The van der Waals surface area contributed by atoms with E-state index in [9.17, 15) is 19.5 Å². The molecule has 0 aliphatic carbocycles. The van der Waals surface area contributed by atoms with Gasteiger partial charge in [0.2, 0.25) is 11.8 Å². The second-order valence-corrected chi connectivity index (χ2v) is 15.9. The molecule has 0 saturated heterocycles. The molecular weight excluding hydrogens is 570 g/mol. The highest BCUT2D eigenvalue weighted by Gasteiger charge is 2.27. The molecule has 0 bridgehead atoms. The Hall–Kier alpha value is -1.54. The standard InChI is InChI=1S/C36H69N3O4S/c1-9-10-11-12-13-14-15-16-17-18-23-44-27-30(3)33(41)39-22-20-37-19-21-38-32(40)25-31(34(42)43)24-29(2)26-36(7,8)28-35(4,5)6/h24,30-31,37H,9-23,25-28H2,1-8H3,(H,38,40)(H,39,41)(H,42,43)/b29-24+. The smallest absolute Gasteiger partial charge is 0.310 e. The van der Waals surface area contributed by atoms with E-state index >= 15 is 0 Å². The van der Waals surface area contributed by atoms with E-state index < -0.39 is 11.9 Å². The Bertz CT molecular complexity index is 823. The van der Waals surface area contributed by atoms with Crippen LogP contribution >= 0.6 is 11.8 Å². The Balaban J connectivity index is 3.99. The maximum Gasteiger partial charge on any atom is 0.310 e. The molecule has 2 amide bonds. The summed E-state index contributed by atoms with van der Waals surface area (Å²) in [6, 6.07) is 0. The lowest BCUT2D eigenvalue weighted by Crippen LogP contribution is -2.38. The minimum absolute atomic E-state index is 0.00756. The van der Waals surface area contributed by atoms with Crippen molar-refractivity contribution in [1.82, 2.24) is 16.0 Å². The summed E-state index contributed by atoms with van der Waals surface area (Å²) in [6.45, 7) is 19.4. The highest BCUT2D eigenvalue weighted by Crippen LogP contribution is 2.38. The number of thioether (sulfide) groups is 1. The highest BCUT2D eigenvalue weighted by molar-refractivity contribution is 7.99. The molecule has 258 valence electrons. The number of carboxylic acid groups (broad SMARTS) is 1. The average Bonchev–Trinajstić information content (AvgIpc) is 2.90. The summed E-state index contributed by atoms with van der Waals surface area (Å²) in [4.78, 5) is 36.6. The normalized spacial score (nSPS) is 13.9. The van der Waals surface area contributed by atoms with Crippen LogP contribution in [-0.4, -0.2) is 60.6 Å². The van der Waals surface area contributed by atoms with Gasteiger partial charge in [-0.15, -0.1) is 0 Å². The number of hydrogen-bond acceptors (Lipinski definition) is 5. The predicted molar refractivity (Wildman–Crippen MR) is 189 cm³/mol. The predicted octanol–water partition coefficient (Wildman–Crippen LogP) is 7.99. The number of aliphatic carboxylic acids is 1. The molecule has 0 fully saturated rings. The number of allylic oxidation sites excluding steroid dienone is 1. The monoisotopic (exact) mass is 640 g/mol. The van der Waals surface area contributed by atoms with Gasteiger partial charge in [-0.2, -0.15) is 11.8 Å². The van der Waals surface area contributed by atoms with Crippen molar-refractivity contribution in [2.75, 3.05) is 37.7 Å². The number of unbranched alkanes of at least 4 members (excludes halogenated alkanes) is 9. The third-order valence-electron chi connectivity index (χ3n) is 7.66. The van der Waals surface area contributed by atoms with Crippen LogP contribution in [0, 0.1) is 22.7 Å². The van der Waals surface area contributed by atoms with Crippen LogP contribution < -0.4 is 16.0 Å². The topological polar surface area (TPSA) is 108 Å². The second kappa shape index (κ2) is 24.7. The molecule has 0 aromatic rings. The Morgan fingerprint density at radius 1 is 0.818 bits per heavy atom. The minimum atomic E-state index is -0.978. The van der Waals surface area contributed by atoms with Gasteiger partial charge in [0, 0.05) is 44.3 Å². The van der Waals surface area contributed by atoms with Crippen LogP contribution in [-0.2, 0) is 14.4 Å². The molecule has 4 N–H and O–H groups in total. The van der Waals surface area contributed by atoms with E-state index in [2.05, 4.69) is 57.5 Å². The molecule has 0 heterocycles. The van der Waals surface area contributed by atoms with E-state index in [-0.39, 0.29) is 35.0 Å². The molecule has 0 rings (SSSR count). The molecule has 0 aromatic heterocycles. The lowest BCUT2D eigenvalue weighted by atomic mass is 9.73. The largest absolute Gasteiger partial charge is 0.481 e. The Morgan fingerprint density at radius 3 is 1.91 bits per heavy atom. The summed E-state index contributed by atoms with van der Waals surface area (Å²) < 4.78 is 0. The van der Waals surface area contributed by atoms with Crippen LogP contribution in [0.5, 0.6) is 0 Å². The summed E-state index contributed by atoms with van der Waals surface area (Å²) in [7, 11) is 0. The third-order valence-corrected chi connectivity index (χ3v) is 8.97. The quantitative estimate of drug-likeness (QED) is 0.0536. The lowest BCUT2D eigenvalue weighted by molar-refractivity contribution is -0.142. The van der Waals surface area contributed by atoms with Gasteiger partial charge in [0.1, 0.15) is 0 Å². The molecule has 0 radical (unpaired) electrons. The minimum Gasteiger partial charge on any atom is -0.481 e. The summed E-state index contributed by atoms with van der Waals surface area (Å²) in [5.41, 5.74) is 1.25.